The largest absolute Gasteiger partial charge is 0.391 e. The van der Waals surface area contributed by atoms with Crippen LogP contribution in [0, 0.1) is 0 Å². The molecule has 0 aliphatic carbocycles. The van der Waals surface area contributed by atoms with Crippen LogP contribution in [0.5, 0.6) is 0 Å². The number of hydrogen-bond acceptors (Lipinski definition) is 5. The molecular weight excluding hydrogens is 308 g/mol. The predicted octanol–water partition coefficient (Wildman–Crippen LogP) is 2.65. The summed E-state index contributed by atoms with van der Waals surface area (Å²) in [4.78, 5) is 35.9. The molecular formula is C18H34N2O4. The second kappa shape index (κ2) is 15.1. The normalized spacial score (nSPS) is 10.5. The fourth-order valence-corrected chi connectivity index (χ4v) is 2.40. The number of likely N-dealkylation sites (N-methyl/N-ethyl adjacent to an activating group) is 2. The van der Waals surface area contributed by atoms with Crippen LogP contribution in [0.15, 0.2) is 0 Å². The van der Waals surface area contributed by atoms with Gasteiger partial charge in [0.2, 0.25) is 5.91 Å². The molecule has 6 nitrogen and oxygen atoms in total. The van der Waals surface area contributed by atoms with E-state index in [0.717, 1.165) is 19.3 Å². The van der Waals surface area contributed by atoms with E-state index in [0.29, 0.717) is 6.42 Å². The molecule has 0 radical (unpaired) electrons. The molecule has 24 heavy (non-hydrogen) atoms. The van der Waals surface area contributed by atoms with Gasteiger partial charge in [0.05, 0.1) is 6.54 Å². The summed E-state index contributed by atoms with van der Waals surface area (Å²) in [5.74, 6) is -1.42. The van der Waals surface area contributed by atoms with Gasteiger partial charge in [-0.1, -0.05) is 58.3 Å². The Balaban J connectivity index is 3.65. The third kappa shape index (κ3) is 13.0. The maximum atomic E-state index is 11.9. The predicted molar refractivity (Wildman–Crippen MR) is 94.5 cm³/mol. The van der Waals surface area contributed by atoms with Crippen LogP contribution in [0.2, 0.25) is 0 Å². The van der Waals surface area contributed by atoms with Gasteiger partial charge in [0.1, 0.15) is 6.54 Å². The van der Waals surface area contributed by atoms with Crippen LogP contribution in [0.1, 0.15) is 71.1 Å². The Labute approximate surface area is 146 Å². The molecule has 0 spiro atoms. The zero-order chi connectivity index (χ0) is 18.2. The monoisotopic (exact) mass is 342 g/mol. The van der Waals surface area contributed by atoms with Gasteiger partial charge in [-0.3, -0.25) is 9.59 Å². The van der Waals surface area contributed by atoms with Gasteiger partial charge in [0.15, 0.2) is 0 Å². The lowest BCUT2D eigenvalue weighted by molar-refractivity contribution is -0.161. The quantitative estimate of drug-likeness (QED) is 0.298. The van der Waals surface area contributed by atoms with Gasteiger partial charge in [-0.2, -0.15) is 0 Å². The summed E-state index contributed by atoms with van der Waals surface area (Å²) in [5.41, 5.74) is 0. The second-order valence-corrected chi connectivity index (χ2v) is 6.20. The number of nitrogens with one attached hydrogen (secondary N) is 1. The lowest BCUT2D eigenvalue weighted by atomic mass is 10.1. The lowest BCUT2D eigenvalue weighted by Gasteiger charge is -2.15. The average Bonchev–Trinajstić information content (AvgIpc) is 2.53. The smallest absolute Gasteiger partial charge is 0.333 e. The van der Waals surface area contributed by atoms with E-state index in [9.17, 15) is 14.4 Å². The molecule has 0 heterocycles. The highest BCUT2D eigenvalue weighted by molar-refractivity contribution is 5.89. The van der Waals surface area contributed by atoms with Gasteiger partial charge in [0, 0.05) is 13.5 Å². The SMILES string of the molecule is CCCCCCCCCCCC(=O)N(C)CC(=O)OC(=O)CNC. The van der Waals surface area contributed by atoms with E-state index >= 15 is 0 Å². The number of unbranched alkanes of at least 4 members (excludes halogenated alkanes) is 8. The van der Waals surface area contributed by atoms with E-state index in [1.807, 2.05) is 0 Å². The Morgan fingerprint density at radius 3 is 1.96 bits per heavy atom. The Bertz CT molecular complexity index is 372. The molecule has 0 bridgehead atoms. The van der Waals surface area contributed by atoms with Crippen molar-refractivity contribution in [2.24, 2.45) is 0 Å². The maximum absolute atomic E-state index is 11.9. The number of rotatable bonds is 14. The van der Waals surface area contributed by atoms with E-state index in [1.54, 1.807) is 14.1 Å². The summed E-state index contributed by atoms with van der Waals surface area (Å²) in [6.45, 7) is 2.00. The fourth-order valence-electron chi connectivity index (χ4n) is 2.40. The molecule has 0 aliphatic rings. The first-order chi connectivity index (χ1) is 11.5. The molecule has 0 aromatic heterocycles. The third-order valence-corrected chi connectivity index (χ3v) is 3.84. The van der Waals surface area contributed by atoms with Crippen molar-refractivity contribution in [2.75, 3.05) is 27.2 Å². The summed E-state index contributed by atoms with van der Waals surface area (Å²) < 4.78 is 4.58. The van der Waals surface area contributed by atoms with Crippen LogP contribution in [0.3, 0.4) is 0 Å². The summed E-state index contributed by atoms with van der Waals surface area (Å²) in [7, 11) is 3.15. The molecule has 0 aliphatic heterocycles. The molecule has 6 heteroatoms. The molecule has 0 fully saturated rings. The maximum Gasteiger partial charge on any atom is 0.333 e. The number of carbonyl (C=O) groups excluding carboxylic acids is 3. The number of ether oxygens (including phenoxy) is 1. The molecule has 0 saturated carbocycles. The molecule has 1 N–H and O–H groups in total. The standard InChI is InChI=1S/C18H34N2O4/c1-4-5-6-7-8-9-10-11-12-13-16(21)20(3)15-18(23)24-17(22)14-19-2/h19H,4-15H2,1-3H3. The summed E-state index contributed by atoms with van der Waals surface area (Å²) in [5, 5.41) is 2.60. The average molecular weight is 342 g/mol. The highest BCUT2D eigenvalue weighted by atomic mass is 16.6. The first kappa shape index (κ1) is 22.6. The van der Waals surface area contributed by atoms with E-state index in [4.69, 9.17) is 0 Å². The van der Waals surface area contributed by atoms with Gasteiger partial charge in [-0.25, -0.2) is 4.79 Å². The fraction of sp³-hybridized carbons (Fsp3) is 0.833. The van der Waals surface area contributed by atoms with Crippen molar-refractivity contribution in [2.45, 2.75) is 71.1 Å². The van der Waals surface area contributed by atoms with Crippen LogP contribution in [-0.4, -0.2) is 49.9 Å². The summed E-state index contributed by atoms with van der Waals surface area (Å²) in [6.07, 6.45) is 11.2. The summed E-state index contributed by atoms with van der Waals surface area (Å²) in [6, 6.07) is 0. The van der Waals surface area contributed by atoms with Crippen molar-refractivity contribution in [3.63, 3.8) is 0 Å². The third-order valence-electron chi connectivity index (χ3n) is 3.84. The Morgan fingerprint density at radius 1 is 0.875 bits per heavy atom. The van der Waals surface area contributed by atoms with Crippen molar-refractivity contribution < 1.29 is 19.1 Å². The molecule has 0 saturated heterocycles. The Hall–Kier alpha value is -1.43. The van der Waals surface area contributed by atoms with Crippen molar-refractivity contribution in [3.8, 4) is 0 Å². The number of esters is 2. The van der Waals surface area contributed by atoms with Crippen LogP contribution in [-0.2, 0) is 19.1 Å². The molecule has 0 rings (SSSR count). The van der Waals surface area contributed by atoms with Gasteiger partial charge in [-0.05, 0) is 13.5 Å². The number of carbonyl (C=O) groups is 3. The van der Waals surface area contributed by atoms with Gasteiger partial charge in [0.25, 0.3) is 0 Å². The van der Waals surface area contributed by atoms with Crippen molar-refractivity contribution >= 4 is 17.8 Å². The molecule has 0 atom stereocenters. The van der Waals surface area contributed by atoms with Crippen LogP contribution < -0.4 is 5.32 Å². The zero-order valence-corrected chi connectivity index (χ0v) is 15.6. The van der Waals surface area contributed by atoms with Gasteiger partial charge < -0.3 is 15.0 Å². The number of hydrogen-bond donors (Lipinski definition) is 1. The second-order valence-electron chi connectivity index (χ2n) is 6.20. The van der Waals surface area contributed by atoms with Crippen LogP contribution >= 0.6 is 0 Å². The first-order valence-electron chi connectivity index (χ1n) is 9.13. The molecule has 0 unspecified atom stereocenters. The van der Waals surface area contributed by atoms with Crippen molar-refractivity contribution in [1.82, 2.24) is 10.2 Å². The van der Waals surface area contributed by atoms with E-state index in [2.05, 4.69) is 17.0 Å². The van der Waals surface area contributed by atoms with E-state index in [-0.39, 0.29) is 19.0 Å². The summed E-state index contributed by atoms with van der Waals surface area (Å²) >= 11 is 0. The molecule has 0 aromatic carbocycles. The zero-order valence-electron chi connectivity index (χ0n) is 15.6. The van der Waals surface area contributed by atoms with Crippen LogP contribution in [0.25, 0.3) is 0 Å². The highest BCUT2D eigenvalue weighted by Crippen LogP contribution is 2.11. The first-order valence-corrected chi connectivity index (χ1v) is 9.13. The number of nitrogens with zero attached hydrogens (tertiary/aromatic N) is 1. The van der Waals surface area contributed by atoms with Crippen LogP contribution in [0.4, 0.5) is 0 Å². The van der Waals surface area contributed by atoms with Gasteiger partial charge in [-0.15, -0.1) is 0 Å². The highest BCUT2D eigenvalue weighted by Gasteiger charge is 2.16. The molecule has 140 valence electrons. The van der Waals surface area contributed by atoms with E-state index in [1.165, 1.54) is 43.4 Å². The Morgan fingerprint density at radius 2 is 1.42 bits per heavy atom. The minimum absolute atomic E-state index is 0.0259. The number of amides is 1. The lowest BCUT2D eigenvalue weighted by Crippen LogP contribution is -2.35. The van der Waals surface area contributed by atoms with Crippen molar-refractivity contribution in [1.29, 1.82) is 0 Å². The minimum Gasteiger partial charge on any atom is -0.391 e. The van der Waals surface area contributed by atoms with E-state index < -0.39 is 11.9 Å². The molecule has 1 amide bonds. The molecule has 0 aromatic rings. The van der Waals surface area contributed by atoms with Gasteiger partial charge >= 0.3 is 11.9 Å². The topological polar surface area (TPSA) is 75.7 Å². The minimum atomic E-state index is -0.696. The van der Waals surface area contributed by atoms with Crippen molar-refractivity contribution in [3.05, 3.63) is 0 Å². The Kier molecular flexibility index (Phi) is 14.2.